The van der Waals surface area contributed by atoms with Crippen molar-refractivity contribution in [2.24, 2.45) is 0 Å². The number of para-hydroxylation sites is 1. The molecule has 0 saturated heterocycles. The van der Waals surface area contributed by atoms with Crippen molar-refractivity contribution in [1.82, 2.24) is 15.0 Å². The molecule has 3 heterocycles. The average molecular weight is 599 g/mol. The van der Waals surface area contributed by atoms with E-state index in [1.807, 2.05) is 36.7 Å². The van der Waals surface area contributed by atoms with E-state index >= 15 is 0 Å². The number of benzene rings is 7. The van der Waals surface area contributed by atoms with Crippen molar-refractivity contribution in [1.29, 1.82) is 0 Å². The van der Waals surface area contributed by atoms with Crippen LogP contribution in [0.3, 0.4) is 0 Å². The highest BCUT2D eigenvalue weighted by atomic mass is 15.2. The number of rotatable bonds is 3. The van der Waals surface area contributed by atoms with Gasteiger partial charge in [0.25, 0.3) is 0 Å². The van der Waals surface area contributed by atoms with Gasteiger partial charge in [-0.05, 0) is 69.6 Å². The Morgan fingerprint density at radius 3 is 2.13 bits per heavy atom. The molecule has 0 atom stereocenters. The van der Waals surface area contributed by atoms with Crippen LogP contribution in [0.5, 0.6) is 0 Å². The van der Waals surface area contributed by atoms with E-state index in [-0.39, 0.29) is 0 Å². The Labute approximate surface area is 271 Å². The quantitative estimate of drug-likeness (QED) is 0.203. The standard InChI is InChI=1S/C43H26N4/c1-2-10-34-27(7-1)18-20-36-35-12-5-8-28-9-6-14-39(40(28)35)47(42(34)36)33-19-17-30-25-32(16-15-31(30)26-33)43-45-38-13-4-3-11-37(38)41(46-43)29-21-23-44-24-22-29/h1-26H. The number of pyridine rings is 1. The Balaban J connectivity index is 1.15. The summed E-state index contributed by atoms with van der Waals surface area (Å²) < 4.78 is 0. The SMILES string of the molecule is c1ccc2c3c(ccc2c1)-c1cccc2cccc(c12)N3c1ccc2cc(-c3nc(-c4ccncc4)c4ccccc4n3)ccc2c1. The molecule has 0 unspecified atom stereocenters. The van der Waals surface area contributed by atoms with Gasteiger partial charge < -0.3 is 4.90 Å². The number of anilines is 3. The van der Waals surface area contributed by atoms with Gasteiger partial charge >= 0.3 is 0 Å². The Bertz CT molecular complexity index is 2690. The maximum Gasteiger partial charge on any atom is 0.160 e. The molecule has 9 aromatic rings. The van der Waals surface area contributed by atoms with Gasteiger partial charge in [0.1, 0.15) is 0 Å². The molecule has 218 valence electrons. The predicted molar refractivity (Wildman–Crippen MR) is 194 cm³/mol. The summed E-state index contributed by atoms with van der Waals surface area (Å²) in [6.07, 6.45) is 3.62. The number of aromatic nitrogens is 3. The van der Waals surface area contributed by atoms with Crippen LogP contribution in [0.4, 0.5) is 17.1 Å². The molecule has 0 radical (unpaired) electrons. The van der Waals surface area contributed by atoms with Crippen LogP contribution in [0, 0.1) is 0 Å². The van der Waals surface area contributed by atoms with Crippen LogP contribution in [0.1, 0.15) is 0 Å². The molecule has 2 aromatic heterocycles. The van der Waals surface area contributed by atoms with Crippen LogP contribution in [-0.4, -0.2) is 15.0 Å². The fourth-order valence-electron chi connectivity index (χ4n) is 7.28. The number of fused-ring (bicyclic) bond motifs is 6. The van der Waals surface area contributed by atoms with E-state index in [2.05, 4.69) is 131 Å². The fraction of sp³-hybridized carbons (Fsp3) is 0. The van der Waals surface area contributed by atoms with Crippen LogP contribution in [0.15, 0.2) is 158 Å². The Morgan fingerprint density at radius 2 is 1.21 bits per heavy atom. The second-order valence-corrected chi connectivity index (χ2v) is 12.1. The molecule has 7 aromatic carbocycles. The molecule has 0 N–H and O–H groups in total. The smallest absolute Gasteiger partial charge is 0.160 e. The summed E-state index contributed by atoms with van der Waals surface area (Å²) in [6.45, 7) is 0. The van der Waals surface area contributed by atoms with E-state index < -0.39 is 0 Å². The monoisotopic (exact) mass is 598 g/mol. The molecule has 0 spiro atoms. The molecule has 0 aliphatic carbocycles. The van der Waals surface area contributed by atoms with E-state index in [1.165, 1.54) is 44.0 Å². The maximum atomic E-state index is 5.09. The average Bonchev–Trinajstić information content (AvgIpc) is 3.14. The van der Waals surface area contributed by atoms with Gasteiger partial charge in [0.15, 0.2) is 5.82 Å². The van der Waals surface area contributed by atoms with Crippen molar-refractivity contribution in [3.8, 4) is 33.8 Å². The van der Waals surface area contributed by atoms with Gasteiger partial charge in [-0.15, -0.1) is 0 Å². The molecule has 0 saturated carbocycles. The van der Waals surface area contributed by atoms with E-state index in [1.54, 1.807) is 0 Å². The fourth-order valence-corrected chi connectivity index (χ4v) is 7.28. The molecule has 1 aliphatic heterocycles. The first-order chi connectivity index (χ1) is 23.3. The summed E-state index contributed by atoms with van der Waals surface area (Å²) in [5, 5.41) is 8.33. The lowest BCUT2D eigenvalue weighted by Gasteiger charge is -2.34. The van der Waals surface area contributed by atoms with E-state index in [0.717, 1.165) is 44.2 Å². The van der Waals surface area contributed by atoms with Crippen molar-refractivity contribution in [3.63, 3.8) is 0 Å². The first-order valence-electron chi connectivity index (χ1n) is 15.9. The van der Waals surface area contributed by atoms with Crippen molar-refractivity contribution in [2.45, 2.75) is 0 Å². The van der Waals surface area contributed by atoms with Gasteiger partial charge in [0, 0.05) is 50.9 Å². The molecule has 47 heavy (non-hydrogen) atoms. The summed E-state index contributed by atoms with van der Waals surface area (Å²) in [7, 11) is 0. The van der Waals surface area contributed by atoms with Crippen molar-refractivity contribution >= 4 is 60.3 Å². The normalized spacial score (nSPS) is 12.2. The minimum Gasteiger partial charge on any atom is -0.309 e. The Kier molecular flexibility index (Phi) is 5.54. The Morgan fingerprint density at radius 1 is 0.468 bits per heavy atom. The third-order valence-corrected chi connectivity index (χ3v) is 9.44. The van der Waals surface area contributed by atoms with Crippen LogP contribution in [-0.2, 0) is 0 Å². The molecule has 0 amide bonds. The molecule has 0 bridgehead atoms. The number of hydrogen-bond donors (Lipinski definition) is 0. The lowest BCUT2D eigenvalue weighted by Crippen LogP contribution is -2.15. The van der Waals surface area contributed by atoms with E-state index in [0.29, 0.717) is 5.82 Å². The molecule has 10 rings (SSSR count). The minimum atomic E-state index is 0.709. The number of nitrogens with zero attached hydrogens (tertiary/aromatic N) is 4. The summed E-state index contributed by atoms with van der Waals surface area (Å²) >= 11 is 0. The van der Waals surface area contributed by atoms with Gasteiger partial charge in [-0.25, -0.2) is 9.97 Å². The molecular formula is C43H26N4. The van der Waals surface area contributed by atoms with E-state index in [9.17, 15) is 0 Å². The maximum absolute atomic E-state index is 5.09. The summed E-state index contributed by atoms with van der Waals surface area (Å²) in [5.74, 6) is 0.709. The topological polar surface area (TPSA) is 41.9 Å². The molecular weight excluding hydrogens is 573 g/mol. The zero-order valence-electron chi connectivity index (χ0n) is 25.3. The molecule has 4 heteroatoms. The van der Waals surface area contributed by atoms with Crippen LogP contribution in [0.2, 0.25) is 0 Å². The van der Waals surface area contributed by atoms with Gasteiger partial charge in [-0.1, -0.05) is 103 Å². The van der Waals surface area contributed by atoms with Crippen LogP contribution in [0.25, 0.3) is 77.0 Å². The zero-order chi connectivity index (χ0) is 30.9. The highest BCUT2D eigenvalue weighted by Crippen LogP contribution is 2.53. The first-order valence-corrected chi connectivity index (χ1v) is 15.9. The van der Waals surface area contributed by atoms with Gasteiger partial charge in [0.05, 0.1) is 22.6 Å². The van der Waals surface area contributed by atoms with Crippen LogP contribution >= 0.6 is 0 Å². The van der Waals surface area contributed by atoms with Crippen molar-refractivity contribution in [3.05, 3.63) is 158 Å². The second-order valence-electron chi connectivity index (χ2n) is 12.1. The predicted octanol–water partition coefficient (Wildman–Crippen LogP) is 11.3. The number of hydrogen-bond acceptors (Lipinski definition) is 4. The van der Waals surface area contributed by atoms with Crippen molar-refractivity contribution < 1.29 is 0 Å². The summed E-state index contributed by atoms with van der Waals surface area (Å²) in [5.41, 5.74) is 9.93. The molecule has 0 fully saturated rings. The minimum absolute atomic E-state index is 0.709. The first kappa shape index (κ1) is 25.9. The van der Waals surface area contributed by atoms with Crippen LogP contribution < -0.4 is 4.90 Å². The highest BCUT2D eigenvalue weighted by Gasteiger charge is 2.27. The highest BCUT2D eigenvalue weighted by molar-refractivity contribution is 6.19. The molecule has 4 nitrogen and oxygen atoms in total. The molecule has 1 aliphatic rings. The summed E-state index contributed by atoms with van der Waals surface area (Å²) in [6, 6.07) is 52.0. The third-order valence-electron chi connectivity index (χ3n) is 9.44. The van der Waals surface area contributed by atoms with Crippen molar-refractivity contribution in [2.75, 3.05) is 4.90 Å². The van der Waals surface area contributed by atoms with Gasteiger partial charge in [-0.2, -0.15) is 0 Å². The lowest BCUT2D eigenvalue weighted by atomic mass is 9.88. The zero-order valence-corrected chi connectivity index (χ0v) is 25.3. The lowest BCUT2D eigenvalue weighted by molar-refractivity contribution is 1.22. The largest absolute Gasteiger partial charge is 0.309 e. The second kappa shape index (κ2) is 10.1. The third kappa shape index (κ3) is 3.98. The van der Waals surface area contributed by atoms with Gasteiger partial charge in [0.2, 0.25) is 0 Å². The van der Waals surface area contributed by atoms with E-state index in [4.69, 9.17) is 9.97 Å². The Hall–Kier alpha value is -6.39. The van der Waals surface area contributed by atoms with Gasteiger partial charge in [-0.3, -0.25) is 4.98 Å². The summed E-state index contributed by atoms with van der Waals surface area (Å²) in [4.78, 5) is 16.7.